The summed E-state index contributed by atoms with van der Waals surface area (Å²) in [4.78, 5) is 39.5. The second kappa shape index (κ2) is 10.8. The molecule has 36 heavy (non-hydrogen) atoms. The van der Waals surface area contributed by atoms with Crippen molar-refractivity contribution < 1.29 is 18.7 Å². The summed E-state index contributed by atoms with van der Waals surface area (Å²) in [5.74, 6) is -0.660. The molecule has 0 fully saturated rings. The zero-order valence-corrected chi connectivity index (χ0v) is 19.7. The lowest BCUT2D eigenvalue weighted by Crippen LogP contribution is -2.38. The molecular weight excluding hydrogens is 461 g/mol. The van der Waals surface area contributed by atoms with Crippen molar-refractivity contribution in [2.45, 2.75) is 13.0 Å². The Morgan fingerprint density at radius 1 is 0.889 bits per heavy atom. The van der Waals surface area contributed by atoms with Crippen LogP contribution in [0.15, 0.2) is 95.8 Å². The monoisotopic (exact) mass is 485 g/mol. The van der Waals surface area contributed by atoms with Gasteiger partial charge in [0.25, 0.3) is 11.5 Å². The Hall–Kier alpha value is -4.56. The van der Waals surface area contributed by atoms with Gasteiger partial charge >= 0.3 is 0 Å². The molecule has 1 amide bonds. The summed E-state index contributed by atoms with van der Waals surface area (Å²) in [6.45, 7) is 1.66. The number of pyridine rings is 1. The van der Waals surface area contributed by atoms with Gasteiger partial charge in [-0.15, -0.1) is 0 Å². The van der Waals surface area contributed by atoms with Gasteiger partial charge in [0.05, 0.1) is 11.7 Å². The first-order valence-electron chi connectivity index (χ1n) is 11.2. The molecule has 7 nitrogen and oxygen atoms in total. The van der Waals surface area contributed by atoms with Crippen molar-refractivity contribution in [3.8, 4) is 22.8 Å². The van der Waals surface area contributed by atoms with Crippen LogP contribution in [0.2, 0.25) is 0 Å². The molecule has 4 aromatic rings. The molecule has 1 heterocycles. The lowest BCUT2D eigenvalue weighted by molar-refractivity contribution is -0.117. The Morgan fingerprint density at radius 2 is 1.61 bits per heavy atom. The Morgan fingerprint density at radius 3 is 2.31 bits per heavy atom. The molecule has 0 saturated carbocycles. The number of benzene rings is 3. The van der Waals surface area contributed by atoms with E-state index in [9.17, 15) is 18.8 Å². The van der Waals surface area contributed by atoms with Crippen molar-refractivity contribution in [3.63, 3.8) is 0 Å². The van der Waals surface area contributed by atoms with E-state index >= 15 is 0 Å². The van der Waals surface area contributed by atoms with Crippen LogP contribution in [0.3, 0.4) is 0 Å². The summed E-state index contributed by atoms with van der Waals surface area (Å²) >= 11 is 0. The lowest BCUT2D eigenvalue weighted by atomic mass is 10.1. The van der Waals surface area contributed by atoms with E-state index in [1.165, 1.54) is 36.4 Å². The second-order valence-corrected chi connectivity index (χ2v) is 8.03. The third kappa shape index (κ3) is 5.39. The number of amides is 1. The smallest absolute Gasteiger partial charge is 0.281 e. The Labute approximate surface area is 207 Å². The summed E-state index contributed by atoms with van der Waals surface area (Å²) < 4.78 is 20.0. The number of aromatic nitrogens is 1. The number of carbonyl (C=O) groups is 2. The molecule has 0 aliphatic heterocycles. The Balaban J connectivity index is 1.76. The SMILES string of the molecule is CNC(C)C(=O)Nc1ccc(-c2ccccc2)n(C(=O)c2cccc(Oc3ccc(F)cc3)c2)c1=O. The van der Waals surface area contributed by atoms with E-state index in [1.54, 1.807) is 62.5 Å². The van der Waals surface area contributed by atoms with Crippen molar-refractivity contribution in [1.29, 1.82) is 0 Å². The highest BCUT2D eigenvalue weighted by molar-refractivity contribution is 6.00. The molecule has 182 valence electrons. The van der Waals surface area contributed by atoms with E-state index in [-0.39, 0.29) is 11.3 Å². The first-order chi connectivity index (χ1) is 17.4. The highest BCUT2D eigenvalue weighted by atomic mass is 19.1. The number of ether oxygens (including phenoxy) is 1. The van der Waals surface area contributed by atoms with E-state index in [0.717, 1.165) is 4.57 Å². The average molecular weight is 486 g/mol. The van der Waals surface area contributed by atoms with E-state index in [4.69, 9.17) is 4.74 Å². The number of hydrogen-bond acceptors (Lipinski definition) is 5. The van der Waals surface area contributed by atoms with Gasteiger partial charge in [0.1, 0.15) is 23.0 Å². The summed E-state index contributed by atoms with van der Waals surface area (Å²) in [6, 6.07) is 23.4. The summed E-state index contributed by atoms with van der Waals surface area (Å²) in [5, 5.41) is 5.40. The van der Waals surface area contributed by atoms with E-state index in [2.05, 4.69) is 10.6 Å². The molecule has 8 heteroatoms. The molecule has 0 aliphatic rings. The summed E-state index contributed by atoms with van der Waals surface area (Å²) in [7, 11) is 1.63. The van der Waals surface area contributed by atoms with Gasteiger partial charge in [0, 0.05) is 5.56 Å². The van der Waals surface area contributed by atoms with Crippen LogP contribution in [-0.4, -0.2) is 29.5 Å². The predicted octanol–water partition coefficient (Wildman–Crippen LogP) is 4.68. The lowest BCUT2D eigenvalue weighted by Gasteiger charge is -2.16. The van der Waals surface area contributed by atoms with Gasteiger partial charge in [-0.05, 0) is 74.1 Å². The maximum absolute atomic E-state index is 13.7. The zero-order chi connectivity index (χ0) is 25.7. The maximum atomic E-state index is 13.7. The number of nitrogens with zero attached hydrogens (tertiary/aromatic N) is 1. The fraction of sp³-hybridized carbons (Fsp3) is 0.107. The van der Waals surface area contributed by atoms with Crippen molar-refractivity contribution in [2.24, 2.45) is 0 Å². The number of nitrogens with one attached hydrogen (secondary N) is 2. The minimum atomic E-state index is -0.664. The fourth-order valence-corrected chi connectivity index (χ4v) is 3.50. The standard InChI is InChI=1S/C28H24FN3O4/c1-18(30-2)26(33)31-24-15-16-25(19-7-4-3-5-8-19)32(28(24)35)27(34)20-9-6-10-23(17-20)36-22-13-11-21(29)12-14-22/h3-18,30H,1-2H3,(H,31,33). The molecule has 0 saturated heterocycles. The van der Waals surface area contributed by atoms with Crippen molar-refractivity contribution in [3.05, 3.63) is 113 Å². The van der Waals surface area contributed by atoms with Crippen LogP contribution in [0.4, 0.5) is 10.1 Å². The van der Waals surface area contributed by atoms with Gasteiger partial charge in [0.2, 0.25) is 5.91 Å². The third-order valence-corrected chi connectivity index (χ3v) is 5.57. The van der Waals surface area contributed by atoms with Crippen molar-refractivity contribution >= 4 is 17.5 Å². The first-order valence-corrected chi connectivity index (χ1v) is 11.2. The average Bonchev–Trinajstić information content (AvgIpc) is 2.90. The summed E-state index contributed by atoms with van der Waals surface area (Å²) in [5.41, 5.74) is 0.538. The molecular formula is C28H24FN3O4. The number of halogens is 1. The Kier molecular flexibility index (Phi) is 7.36. The molecule has 1 aromatic heterocycles. The molecule has 2 N–H and O–H groups in total. The highest BCUT2D eigenvalue weighted by Gasteiger charge is 2.21. The maximum Gasteiger partial charge on any atom is 0.281 e. The number of anilines is 1. The van der Waals surface area contributed by atoms with E-state index in [1.807, 2.05) is 6.07 Å². The zero-order valence-electron chi connectivity index (χ0n) is 19.7. The van der Waals surface area contributed by atoms with E-state index < -0.39 is 29.2 Å². The van der Waals surface area contributed by atoms with Crippen LogP contribution in [0.25, 0.3) is 11.3 Å². The van der Waals surface area contributed by atoms with Gasteiger partial charge < -0.3 is 15.4 Å². The topological polar surface area (TPSA) is 89.4 Å². The van der Waals surface area contributed by atoms with Crippen LogP contribution in [0.5, 0.6) is 11.5 Å². The van der Waals surface area contributed by atoms with Crippen molar-refractivity contribution in [2.75, 3.05) is 12.4 Å². The van der Waals surface area contributed by atoms with Gasteiger partial charge in [-0.3, -0.25) is 14.4 Å². The molecule has 4 rings (SSSR count). The molecule has 1 unspecified atom stereocenters. The molecule has 3 aromatic carbocycles. The van der Waals surface area contributed by atoms with Gasteiger partial charge in [-0.2, -0.15) is 0 Å². The molecule has 0 bridgehead atoms. The minimum Gasteiger partial charge on any atom is -0.457 e. The number of carbonyl (C=O) groups excluding carboxylic acids is 2. The normalized spacial score (nSPS) is 11.5. The van der Waals surface area contributed by atoms with Crippen LogP contribution in [-0.2, 0) is 4.79 Å². The molecule has 0 radical (unpaired) electrons. The van der Waals surface area contributed by atoms with Crippen molar-refractivity contribution in [1.82, 2.24) is 9.88 Å². The quantitative estimate of drug-likeness (QED) is 0.397. The number of rotatable bonds is 7. The van der Waals surface area contributed by atoms with Crippen LogP contribution >= 0.6 is 0 Å². The number of hydrogen-bond donors (Lipinski definition) is 2. The first kappa shape index (κ1) is 24.6. The second-order valence-electron chi connectivity index (χ2n) is 8.03. The number of likely N-dealkylation sites (N-methyl/N-ethyl adjacent to an activating group) is 1. The molecule has 1 atom stereocenters. The van der Waals surface area contributed by atoms with Crippen LogP contribution in [0.1, 0.15) is 17.3 Å². The minimum absolute atomic E-state index is 0.0196. The molecule has 0 spiro atoms. The Bertz CT molecular complexity index is 1450. The molecule has 0 aliphatic carbocycles. The largest absolute Gasteiger partial charge is 0.457 e. The van der Waals surface area contributed by atoms with Gasteiger partial charge in [-0.25, -0.2) is 8.96 Å². The summed E-state index contributed by atoms with van der Waals surface area (Å²) in [6.07, 6.45) is 0. The van der Waals surface area contributed by atoms with Gasteiger partial charge in [0.15, 0.2) is 0 Å². The van der Waals surface area contributed by atoms with Crippen LogP contribution in [0, 0.1) is 5.82 Å². The highest BCUT2D eigenvalue weighted by Crippen LogP contribution is 2.25. The van der Waals surface area contributed by atoms with Crippen LogP contribution < -0.4 is 20.9 Å². The van der Waals surface area contributed by atoms with Gasteiger partial charge in [-0.1, -0.05) is 36.4 Å². The third-order valence-electron chi connectivity index (χ3n) is 5.57. The van der Waals surface area contributed by atoms with E-state index in [0.29, 0.717) is 22.8 Å². The fourth-order valence-electron chi connectivity index (χ4n) is 3.50. The predicted molar refractivity (Wildman–Crippen MR) is 136 cm³/mol.